The third-order valence-electron chi connectivity index (χ3n) is 5.42. The van der Waals surface area contributed by atoms with Crippen molar-refractivity contribution in [3.63, 3.8) is 0 Å². The number of nitrogens with zero attached hydrogens (tertiary/aromatic N) is 1. The van der Waals surface area contributed by atoms with Gasteiger partial charge in [0.25, 0.3) is 11.8 Å². The molecular formula is C25H30ClN3O5. The first-order chi connectivity index (χ1) is 16.3. The molecule has 1 unspecified atom stereocenters. The maximum atomic E-state index is 12.6. The van der Waals surface area contributed by atoms with Crippen LogP contribution in [0.1, 0.15) is 29.8 Å². The van der Waals surface area contributed by atoms with Crippen LogP contribution in [-0.2, 0) is 25.6 Å². The van der Waals surface area contributed by atoms with Gasteiger partial charge in [0.15, 0.2) is 6.61 Å². The molecule has 182 valence electrons. The molecule has 0 bridgehead atoms. The van der Waals surface area contributed by atoms with Gasteiger partial charge in [-0.3, -0.25) is 14.5 Å². The average molecular weight is 488 g/mol. The number of ether oxygens (including phenoxy) is 2. The van der Waals surface area contributed by atoms with E-state index in [9.17, 15) is 14.4 Å². The summed E-state index contributed by atoms with van der Waals surface area (Å²) < 4.78 is 10.5. The van der Waals surface area contributed by atoms with E-state index in [0.717, 1.165) is 38.4 Å². The van der Waals surface area contributed by atoms with E-state index in [0.29, 0.717) is 5.69 Å². The van der Waals surface area contributed by atoms with E-state index < -0.39 is 30.4 Å². The van der Waals surface area contributed by atoms with Crippen LogP contribution >= 0.6 is 11.6 Å². The number of benzene rings is 2. The molecule has 2 aromatic carbocycles. The average Bonchev–Trinajstić information content (AvgIpc) is 2.83. The highest BCUT2D eigenvalue weighted by molar-refractivity contribution is 6.33. The van der Waals surface area contributed by atoms with Crippen LogP contribution in [0.2, 0.25) is 5.02 Å². The lowest BCUT2D eigenvalue weighted by Crippen LogP contribution is -2.46. The van der Waals surface area contributed by atoms with E-state index in [1.807, 2.05) is 24.3 Å². The van der Waals surface area contributed by atoms with Crippen molar-refractivity contribution in [3.05, 3.63) is 64.7 Å². The summed E-state index contributed by atoms with van der Waals surface area (Å²) in [5.74, 6) is -1.88. The van der Waals surface area contributed by atoms with Gasteiger partial charge in [0.2, 0.25) is 0 Å². The van der Waals surface area contributed by atoms with Crippen LogP contribution in [0.25, 0.3) is 0 Å². The Labute approximate surface area is 204 Å². The zero-order valence-electron chi connectivity index (χ0n) is 19.4. The zero-order chi connectivity index (χ0) is 24.5. The molecule has 2 amide bonds. The molecule has 1 aliphatic rings. The highest BCUT2D eigenvalue weighted by Crippen LogP contribution is 2.16. The Morgan fingerprint density at radius 3 is 2.38 bits per heavy atom. The molecule has 0 radical (unpaired) electrons. The van der Waals surface area contributed by atoms with Crippen molar-refractivity contribution < 1.29 is 23.9 Å². The Morgan fingerprint density at radius 2 is 1.74 bits per heavy atom. The Balaban J connectivity index is 1.48. The van der Waals surface area contributed by atoms with Crippen LogP contribution in [0.4, 0.5) is 5.69 Å². The highest BCUT2D eigenvalue weighted by atomic mass is 35.5. The van der Waals surface area contributed by atoms with Gasteiger partial charge in [-0.05, 0) is 35.7 Å². The highest BCUT2D eigenvalue weighted by Gasteiger charge is 2.27. The molecule has 1 aliphatic heterocycles. The summed E-state index contributed by atoms with van der Waals surface area (Å²) in [7, 11) is 0. The molecule has 2 N–H and O–H groups in total. The molecule has 1 heterocycles. The molecular weight excluding hydrogens is 458 g/mol. The second-order valence-corrected chi connectivity index (χ2v) is 8.82. The SMILES string of the molecule is CC(C)C(NC(=O)c1ccccc1Cl)C(=O)OCC(=O)Nc1ccc(CN2CCOCC2)cc1. The summed E-state index contributed by atoms with van der Waals surface area (Å²) in [6.07, 6.45) is 0. The molecule has 0 aromatic heterocycles. The minimum Gasteiger partial charge on any atom is -0.454 e. The summed E-state index contributed by atoms with van der Waals surface area (Å²) >= 11 is 6.06. The number of rotatable bonds is 9. The molecule has 1 fully saturated rings. The van der Waals surface area contributed by atoms with Gasteiger partial charge in [-0.25, -0.2) is 4.79 Å². The lowest BCUT2D eigenvalue weighted by atomic mass is 10.0. The van der Waals surface area contributed by atoms with E-state index >= 15 is 0 Å². The fourth-order valence-electron chi connectivity index (χ4n) is 3.50. The Morgan fingerprint density at radius 1 is 1.06 bits per heavy atom. The number of anilines is 1. The summed E-state index contributed by atoms with van der Waals surface area (Å²) in [6.45, 7) is 7.21. The third-order valence-corrected chi connectivity index (χ3v) is 5.75. The number of amides is 2. The van der Waals surface area contributed by atoms with Crippen molar-refractivity contribution in [3.8, 4) is 0 Å². The van der Waals surface area contributed by atoms with Gasteiger partial charge in [-0.1, -0.05) is 49.7 Å². The van der Waals surface area contributed by atoms with E-state index in [4.69, 9.17) is 21.1 Å². The topological polar surface area (TPSA) is 97.0 Å². The van der Waals surface area contributed by atoms with Crippen LogP contribution in [0.15, 0.2) is 48.5 Å². The zero-order valence-corrected chi connectivity index (χ0v) is 20.1. The van der Waals surface area contributed by atoms with Crippen LogP contribution < -0.4 is 10.6 Å². The van der Waals surface area contributed by atoms with Crippen molar-refractivity contribution in [2.45, 2.75) is 26.4 Å². The van der Waals surface area contributed by atoms with Crippen LogP contribution in [-0.4, -0.2) is 61.6 Å². The lowest BCUT2D eigenvalue weighted by Gasteiger charge is -2.26. The molecule has 0 saturated carbocycles. The standard InChI is InChI=1S/C25H30ClN3O5/c1-17(2)23(28-24(31)20-5-3-4-6-21(20)26)25(32)34-16-22(30)27-19-9-7-18(8-10-19)15-29-11-13-33-14-12-29/h3-10,17,23H,11-16H2,1-2H3,(H,27,30)(H,28,31). The quantitative estimate of drug-likeness (QED) is 0.527. The van der Waals surface area contributed by atoms with Gasteiger partial charge in [0, 0.05) is 25.3 Å². The third kappa shape index (κ3) is 7.55. The normalized spacial score (nSPS) is 14.9. The number of morpholine rings is 1. The van der Waals surface area contributed by atoms with Gasteiger partial charge < -0.3 is 20.1 Å². The number of esters is 1. The van der Waals surface area contributed by atoms with Crippen molar-refractivity contribution >= 4 is 35.1 Å². The first kappa shape index (κ1) is 25.7. The molecule has 1 atom stereocenters. The molecule has 0 aliphatic carbocycles. The number of halogens is 1. The Hall–Kier alpha value is -2.94. The van der Waals surface area contributed by atoms with Crippen molar-refractivity contribution in [2.24, 2.45) is 5.92 Å². The van der Waals surface area contributed by atoms with Crippen molar-refractivity contribution in [2.75, 3.05) is 38.2 Å². The minimum atomic E-state index is -0.920. The van der Waals surface area contributed by atoms with Gasteiger partial charge in [-0.15, -0.1) is 0 Å². The second kappa shape index (κ2) is 12.5. The maximum absolute atomic E-state index is 12.6. The van der Waals surface area contributed by atoms with Crippen molar-refractivity contribution in [1.29, 1.82) is 0 Å². The van der Waals surface area contributed by atoms with Gasteiger partial charge >= 0.3 is 5.97 Å². The first-order valence-corrected chi connectivity index (χ1v) is 11.6. The molecule has 1 saturated heterocycles. The predicted octanol–water partition coefficient (Wildman–Crippen LogP) is 3.11. The Kier molecular flexibility index (Phi) is 9.44. The molecule has 34 heavy (non-hydrogen) atoms. The van der Waals surface area contributed by atoms with Gasteiger partial charge in [-0.2, -0.15) is 0 Å². The summed E-state index contributed by atoms with van der Waals surface area (Å²) in [5, 5.41) is 5.64. The van der Waals surface area contributed by atoms with Gasteiger partial charge in [0.05, 0.1) is 23.8 Å². The maximum Gasteiger partial charge on any atom is 0.329 e. The summed E-state index contributed by atoms with van der Waals surface area (Å²) in [6, 6.07) is 13.2. The monoisotopic (exact) mass is 487 g/mol. The lowest BCUT2D eigenvalue weighted by molar-refractivity contribution is -0.150. The Bertz CT molecular complexity index is 990. The number of hydrogen-bond acceptors (Lipinski definition) is 6. The fraction of sp³-hybridized carbons (Fsp3) is 0.400. The smallest absolute Gasteiger partial charge is 0.329 e. The van der Waals surface area contributed by atoms with E-state index in [1.165, 1.54) is 0 Å². The summed E-state index contributed by atoms with van der Waals surface area (Å²) in [5.41, 5.74) is 2.01. The molecule has 9 heteroatoms. The molecule has 3 rings (SSSR count). The minimum absolute atomic E-state index is 0.249. The number of nitrogens with one attached hydrogen (secondary N) is 2. The van der Waals surface area contributed by atoms with E-state index in [2.05, 4.69) is 15.5 Å². The molecule has 2 aromatic rings. The molecule has 0 spiro atoms. The molecule has 8 nitrogen and oxygen atoms in total. The van der Waals surface area contributed by atoms with Crippen LogP contribution in [0.3, 0.4) is 0 Å². The van der Waals surface area contributed by atoms with Crippen LogP contribution in [0, 0.1) is 5.92 Å². The second-order valence-electron chi connectivity index (χ2n) is 8.42. The predicted molar refractivity (Wildman–Crippen MR) is 130 cm³/mol. The van der Waals surface area contributed by atoms with Crippen molar-refractivity contribution in [1.82, 2.24) is 10.2 Å². The number of carbonyl (C=O) groups is 3. The first-order valence-electron chi connectivity index (χ1n) is 11.2. The fourth-order valence-corrected chi connectivity index (χ4v) is 3.72. The largest absolute Gasteiger partial charge is 0.454 e. The number of hydrogen-bond donors (Lipinski definition) is 2. The number of carbonyl (C=O) groups excluding carboxylic acids is 3. The van der Waals surface area contributed by atoms with Crippen LogP contribution in [0.5, 0.6) is 0 Å². The van der Waals surface area contributed by atoms with Gasteiger partial charge in [0.1, 0.15) is 6.04 Å². The van der Waals surface area contributed by atoms with E-state index in [-0.39, 0.29) is 16.5 Å². The van der Waals surface area contributed by atoms with E-state index in [1.54, 1.807) is 38.1 Å². The summed E-state index contributed by atoms with van der Waals surface area (Å²) in [4.78, 5) is 39.7.